The van der Waals surface area contributed by atoms with E-state index >= 15 is 0 Å². The molecule has 3 atom stereocenters. The molecule has 0 aliphatic heterocycles. The standard InChI is InChI=1S/C14H22F3N3O/c1-3-11(18-4-2)13-20-19-12(21-13)9-6-5-7-10(8-9)14(15,16)17/h9-11,18H,3-8H2,1-2H3. The van der Waals surface area contributed by atoms with Crippen LogP contribution in [0.5, 0.6) is 0 Å². The molecule has 0 aromatic carbocycles. The molecule has 1 aliphatic carbocycles. The Hall–Kier alpha value is -1.11. The Labute approximate surface area is 122 Å². The second-order valence-corrected chi connectivity index (χ2v) is 5.60. The molecule has 1 aromatic heterocycles. The van der Waals surface area contributed by atoms with Crippen LogP contribution in [0.25, 0.3) is 0 Å². The molecule has 1 N–H and O–H groups in total. The van der Waals surface area contributed by atoms with Crippen LogP contribution in [-0.2, 0) is 0 Å². The van der Waals surface area contributed by atoms with E-state index in [1.54, 1.807) is 0 Å². The summed E-state index contributed by atoms with van der Waals surface area (Å²) in [5, 5.41) is 11.2. The number of rotatable bonds is 5. The smallest absolute Gasteiger partial charge is 0.391 e. The van der Waals surface area contributed by atoms with E-state index in [0.717, 1.165) is 13.0 Å². The third-order valence-electron chi connectivity index (χ3n) is 4.10. The van der Waals surface area contributed by atoms with Gasteiger partial charge in [-0.05, 0) is 32.2 Å². The van der Waals surface area contributed by atoms with Gasteiger partial charge in [-0.25, -0.2) is 0 Å². The van der Waals surface area contributed by atoms with Gasteiger partial charge in [0.1, 0.15) is 0 Å². The molecular formula is C14H22F3N3O. The first kappa shape index (κ1) is 16.3. The van der Waals surface area contributed by atoms with Crippen LogP contribution < -0.4 is 5.32 Å². The van der Waals surface area contributed by atoms with Gasteiger partial charge in [0.2, 0.25) is 11.8 Å². The second-order valence-electron chi connectivity index (χ2n) is 5.60. The van der Waals surface area contributed by atoms with Gasteiger partial charge in [-0.3, -0.25) is 0 Å². The summed E-state index contributed by atoms with van der Waals surface area (Å²) < 4.78 is 44.2. The van der Waals surface area contributed by atoms with Gasteiger partial charge in [-0.2, -0.15) is 13.2 Å². The van der Waals surface area contributed by atoms with Crippen LogP contribution in [0.4, 0.5) is 13.2 Å². The van der Waals surface area contributed by atoms with Crippen molar-refractivity contribution >= 4 is 0 Å². The zero-order valence-corrected chi connectivity index (χ0v) is 12.4. The monoisotopic (exact) mass is 305 g/mol. The summed E-state index contributed by atoms with van der Waals surface area (Å²) in [6.45, 7) is 4.75. The predicted molar refractivity (Wildman–Crippen MR) is 71.8 cm³/mol. The van der Waals surface area contributed by atoms with Crippen molar-refractivity contribution in [1.82, 2.24) is 15.5 Å². The Kier molecular flexibility index (Phi) is 5.24. The Balaban J connectivity index is 2.06. The molecule has 1 fully saturated rings. The molecule has 1 aromatic rings. The van der Waals surface area contributed by atoms with Gasteiger partial charge in [0.15, 0.2) is 0 Å². The minimum atomic E-state index is -4.13. The predicted octanol–water partition coefficient (Wildman–Crippen LogP) is 3.97. The topological polar surface area (TPSA) is 51.0 Å². The lowest BCUT2D eigenvalue weighted by molar-refractivity contribution is -0.183. The minimum Gasteiger partial charge on any atom is -0.423 e. The van der Waals surface area contributed by atoms with Crippen LogP contribution in [0.1, 0.15) is 69.7 Å². The summed E-state index contributed by atoms with van der Waals surface area (Å²) in [5.74, 6) is -0.688. The molecule has 1 aliphatic rings. The Morgan fingerprint density at radius 2 is 2.05 bits per heavy atom. The van der Waals surface area contributed by atoms with Crippen LogP contribution in [0, 0.1) is 5.92 Å². The van der Waals surface area contributed by atoms with Crippen LogP contribution in [0.15, 0.2) is 4.42 Å². The summed E-state index contributed by atoms with van der Waals surface area (Å²) >= 11 is 0. The zero-order chi connectivity index (χ0) is 15.5. The van der Waals surface area contributed by atoms with Crippen LogP contribution in [-0.4, -0.2) is 22.9 Å². The van der Waals surface area contributed by atoms with Gasteiger partial charge in [0, 0.05) is 5.92 Å². The van der Waals surface area contributed by atoms with E-state index in [9.17, 15) is 13.2 Å². The minimum absolute atomic E-state index is 0.0294. The summed E-state index contributed by atoms with van der Waals surface area (Å²) in [6, 6.07) is -0.0294. The Morgan fingerprint density at radius 1 is 1.29 bits per heavy atom. The van der Waals surface area contributed by atoms with Crippen molar-refractivity contribution in [3.8, 4) is 0 Å². The highest BCUT2D eigenvalue weighted by molar-refractivity contribution is 4.98. The lowest BCUT2D eigenvalue weighted by atomic mass is 9.81. The fraction of sp³-hybridized carbons (Fsp3) is 0.857. The third kappa shape index (κ3) is 3.96. The van der Waals surface area contributed by atoms with Gasteiger partial charge in [-0.15, -0.1) is 10.2 Å². The summed E-state index contributed by atoms with van der Waals surface area (Å²) in [7, 11) is 0. The first-order valence-electron chi connectivity index (χ1n) is 7.59. The lowest BCUT2D eigenvalue weighted by Gasteiger charge is -2.28. The molecule has 4 nitrogen and oxygen atoms in total. The van der Waals surface area contributed by atoms with Gasteiger partial charge in [0.05, 0.1) is 12.0 Å². The summed E-state index contributed by atoms with van der Waals surface area (Å²) in [6.07, 6.45) is -1.83. The molecule has 0 saturated heterocycles. The first-order valence-corrected chi connectivity index (χ1v) is 7.59. The number of nitrogens with one attached hydrogen (secondary N) is 1. The van der Waals surface area contributed by atoms with Crippen LogP contribution in [0.2, 0.25) is 0 Å². The number of alkyl halides is 3. The van der Waals surface area contributed by atoms with E-state index in [1.807, 2.05) is 13.8 Å². The maximum Gasteiger partial charge on any atom is 0.391 e. The second kappa shape index (κ2) is 6.77. The molecule has 0 radical (unpaired) electrons. The van der Waals surface area contributed by atoms with Gasteiger partial charge in [-0.1, -0.05) is 20.3 Å². The van der Waals surface area contributed by atoms with E-state index in [0.29, 0.717) is 24.6 Å². The Morgan fingerprint density at radius 3 is 2.67 bits per heavy atom. The van der Waals surface area contributed by atoms with Crippen molar-refractivity contribution in [3.05, 3.63) is 11.8 Å². The van der Waals surface area contributed by atoms with E-state index in [1.165, 1.54) is 0 Å². The van der Waals surface area contributed by atoms with Crippen LogP contribution in [0.3, 0.4) is 0 Å². The molecule has 0 bridgehead atoms. The average Bonchev–Trinajstić information content (AvgIpc) is 2.93. The van der Waals surface area contributed by atoms with Gasteiger partial charge in [0.25, 0.3) is 0 Å². The Bertz CT molecular complexity index is 447. The van der Waals surface area contributed by atoms with Crippen molar-refractivity contribution in [2.75, 3.05) is 6.54 Å². The van der Waals surface area contributed by atoms with E-state index in [4.69, 9.17) is 4.42 Å². The van der Waals surface area contributed by atoms with Crippen molar-refractivity contribution in [1.29, 1.82) is 0 Å². The number of nitrogens with zero attached hydrogens (tertiary/aromatic N) is 2. The van der Waals surface area contributed by atoms with Crippen LogP contribution >= 0.6 is 0 Å². The average molecular weight is 305 g/mol. The number of halogens is 3. The quantitative estimate of drug-likeness (QED) is 0.894. The normalized spacial score (nSPS) is 25.0. The molecule has 0 amide bonds. The van der Waals surface area contributed by atoms with E-state index < -0.39 is 12.1 Å². The molecule has 1 heterocycles. The highest BCUT2D eigenvalue weighted by Crippen LogP contribution is 2.43. The van der Waals surface area contributed by atoms with E-state index in [2.05, 4.69) is 15.5 Å². The molecule has 1 saturated carbocycles. The lowest BCUT2D eigenvalue weighted by Crippen LogP contribution is -2.28. The maximum absolute atomic E-state index is 12.8. The number of hydrogen-bond acceptors (Lipinski definition) is 4. The van der Waals surface area contributed by atoms with Gasteiger partial charge < -0.3 is 9.73 Å². The van der Waals surface area contributed by atoms with Crippen molar-refractivity contribution in [3.63, 3.8) is 0 Å². The number of aromatic nitrogens is 2. The van der Waals surface area contributed by atoms with E-state index in [-0.39, 0.29) is 24.8 Å². The number of hydrogen-bond donors (Lipinski definition) is 1. The molecule has 0 spiro atoms. The summed E-state index contributed by atoms with van der Waals surface area (Å²) in [5.41, 5.74) is 0. The molecular weight excluding hydrogens is 283 g/mol. The van der Waals surface area contributed by atoms with Crippen molar-refractivity contribution in [2.45, 2.75) is 64.1 Å². The zero-order valence-electron chi connectivity index (χ0n) is 12.4. The fourth-order valence-electron chi connectivity index (χ4n) is 2.92. The molecule has 2 rings (SSSR count). The molecule has 3 unspecified atom stereocenters. The highest BCUT2D eigenvalue weighted by atomic mass is 19.4. The highest BCUT2D eigenvalue weighted by Gasteiger charge is 2.43. The van der Waals surface area contributed by atoms with Crippen molar-refractivity contribution < 1.29 is 17.6 Å². The molecule has 120 valence electrons. The van der Waals surface area contributed by atoms with Gasteiger partial charge >= 0.3 is 6.18 Å². The summed E-state index contributed by atoms with van der Waals surface area (Å²) in [4.78, 5) is 0. The fourth-order valence-corrected chi connectivity index (χ4v) is 2.92. The molecule has 21 heavy (non-hydrogen) atoms. The maximum atomic E-state index is 12.8. The largest absolute Gasteiger partial charge is 0.423 e. The van der Waals surface area contributed by atoms with Crippen molar-refractivity contribution in [2.24, 2.45) is 5.92 Å². The third-order valence-corrected chi connectivity index (χ3v) is 4.10. The SMILES string of the molecule is CCNC(CC)c1nnc(C2CCCC(C(F)(F)F)C2)o1. The first-order chi connectivity index (χ1) is 9.95. The molecule has 7 heteroatoms.